The minimum atomic E-state index is -4.46. The Morgan fingerprint density at radius 1 is 0.909 bits per heavy atom. The van der Waals surface area contributed by atoms with E-state index in [-0.39, 0.29) is 6.10 Å². The van der Waals surface area contributed by atoms with E-state index in [2.05, 4.69) is 12.2 Å². The van der Waals surface area contributed by atoms with Crippen molar-refractivity contribution in [1.82, 2.24) is 0 Å². The van der Waals surface area contributed by atoms with Gasteiger partial charge in [-0.1, -0.05) is 51.2 Å². The highest BCUT2D eigenvalue weighted by Gasteiger charge is 2.42. The maximum atomic E-state index is 13.5. The molecule has 7 heteroatoms. The number of benzene rings is 2. The molecule has 182 valence electrons. The number of nitrogens with one attached hydrogen (secondary N) is 1. The minimum absolute atomic E-state index is 0.371. The molecule has 0 unspecified atom stereocenters. The summed E-state index contributed by atoms with van der Waals surface area (Å²) < 4.78 is 50.3. The number of halogens is 3. The van der Waals surface area contributed by atoms with Gasteiger partial charge in [-0.05, 0) is 62.2 Å². The van der Waals surface area contributed by atoms with Gasteiger partial charge < -0.3 is 14.8 Å². The van der Waals surface area contributed by atoms with Gasteiger partial charge in [-0.15, -0.1) is 0 Å². The molecule has 0 aliphatic rings. The molecule has 1 N–H and O–H groups in total. The van der Waals surface area contributed by atoms with Crippen molar-refractivity contribution in [3.05, 3.63) is 59.7 Å². The quantitative estimate of drug-likeness (QED) is 0.263. The third-order valence-corrected chi connectivity index (χ3v) is 5.50. The average molecular weight is 466 g/mol. The van der Waals surface area contributed by atoms with Crippen molar-refractivity contribution in [3.8, 4) is 5.75 Å². The highest BCUT2D eigenvalue weighted by atomic mass is 19.4. The Bertz CT molecular complexity index is 864. The molecule has 1 atom stereocenters. The molecule has 0 amide bonds. The third-order valence-electron chi connectivity index (χ3n) is 5.50. The molecule has 0 spiro atoms. The van der Waals surface area contributed by atoms with Crippen molar-refractivity contribution >= 4 is 11.7 Å². The highest BCUT2D eigenvalue weighted by molar-refractivity contribution is 5.86. The van der Waals surface area contributed by atoms with E-state index in [1.54, 1.807) is 45.2 Å². The second-order valence-corrected chi connectivity index (χ2v) is 8.45. The number of alkyl halides is 3. The number of unbranched alkanes of at least 4 members (excludes halogenated alkanes) is 4. The number of carbonyl (C=O) groups excluding carboxylic acids is 1. The first-order valence-corrected chi connectivity index (χ1v) is 11.4. The zero-order valence-electron chi connectivity index (χ0n) is 19.8. The molecule has 0 saturated carbocycles. The van der Waals surface area contributed by atoms with Gasteiger partial charge in [0.05, 0.1) is 18.8 Å². The van der Waals surface area contributed by atoms with Crippen LogP contribution >= 0.6 is 0 Å². The number of rotatable bonds is 12. The van der Waals surface area contributed by atoms with Crippen LogP contribution in [0.25, 0.3) is 0 Å². The fraction of sp³-hybridized carbons (Fsp3) is 0.500. The van der Waals surface area contributed by atoms with Crippen LogP contribution in [0.4, 0.5) is 18.9 Å². The van der Waals surface area contributed by atoms with E-state index in [1.165, 1.54) is 12.1 Å². The van der Waals surface area contributed by atoms with E-state index < -0.39 is 23.2 Å². The van der Waals surface area contributed by atoms with Gasteiger partial charge in [-0.2, -0.15) is 13.2 Å². The van der Waals surface area contributed by atoms with Crippen LogP contribution in [-0.4, -0.2) is 19.2 Å². The predicted molar refractivity (Wildman–Crippen MR) is 124 cm³/mol. The fourth-order valence-electron chi connectivity index (χ4n) is 3.72. The van der Waals surface area contributed by atoms with E-state index >= 15 is 0 Å². The molecule has 2 aromatic carbocycles. The van der Waals surface area contributed by atoms with Crippen molar-refractivity contribution in [1.29, 1.82) is 0 Å². The van der Waals surface area contributed by atoms with Crippen LogP contribution in [0.1, 0.15) is 70.4 Å². The lowest BCUT2D eigenvalue weighted by Crippen LogP contribution is -2.45. The summed E-state index contributed by atoms with van der Waals surface area (Å²) in [4.78, 5) is 13.5. The first-order valence-electron chi connectivity index (χ1n) is 11.4. The molecule has 33 heavy (non-hydrogen) atoms. The zero-order chi connectivity index (χ0) is 24.5. The summed E-state index contributed by atoms with van der Waals surface area (Å²) in [6.07, 6.45) is 0.403. The van der Waals surface area contributed by atoms with Gasteiger partial charge >= 0.3 is 12.1 Å². The van der Waals surface area contributed by atoms with Gasteiger partial charge in [-0.3, -0.25) is 0 Å². The van der Waals surface area contributed by atoms with Crippen molar-refractivity contribution < 1.29 is 27.4 Å². The molecule has 0 saturated heterocycles. The van der Waals surface area contributed by atoms with Crippen LogP contribution in [-0.2, 0) is 21.2 Å². The molecule has 0 heterocycles. The molecule has 4 nitrogen and oxygen atoms in total. The molecule has 0 radical (unpaired) electrons. The Hall–Kier alpha value is -2.70. The molecule has 0 bridgehead atoms. The summed E-state index contributed by atoms with van der Waals surface area (Å²) in [6.45, 7) is 5.63. The summed E-state index contributed by atoms with van der Waals surface area (Å²) in [5.41, 5.74) is -1.00. The largest absolute Gasteiger partial charge is 0.497 e. The number of esters is 1. The first kappa shape index (κ1) is 26.6. The standard InChI is InChI=1S/C26H34F3NO3/c1-5-6-7-8-9-18-25(24(31)33-19(2)3,30-22-14-16-23(32-4)17-15-22)20-10-12-21(13-11-20)26(27,28)29/h10-17,19,30H,5-9,18H2,1-4H3/t25-/m0/s1. The Morgan fingerprint density at radius 3 is 2.00 bits per heavy atom. The lowest BCUT2D eigenvalue weighted by atomic mass is 9.83. The molecule has 0 aliphatic heterocycles. The molecule has 0 aromatic heterocycles. The minimum Gasteiger partial charge on any atom is -0.497 e. The van der Waals surface area contributed by atoms with Gasteiger partial charge in [0.1, 0.15) is 5.75 Å². The van der Waals surface area contributed by atoms with Gasteiger partial charge in [0.25, 0.3) is 0 Å². The van der Waals surface area contributed by atoms with Gasteiger partial charge in [0, 0.05) is 5.69 Å². The summed E-state index contributed by atoms with van der Waals surface area (Å²) in [6, 6.07) is 11.8. The molecule has 0 fully saturated rings. The summed E-state index contributed by atoms with van der Waals surface area (Å²) in [5, 5.41) is 3.30. The van der Waals surface area contributed by atoms with Crippen molar-refractivity contribution in [3.63, 3.8) is 0 Å². The molecular formula is C26H34F3NO3. The van der Waals surface area contributed by atoms with Crippen LogP contribution < -0.4 is 10.1 Å². The van der Waals surface area contributed by atoms with E-state index in [9.17, 15) is 18.0 Å². The molecule has 0 aliphatic carbocycles. The maximum absolute atomic E-state index is 13.5. The Balaban J connectivity index is 2.49. The number of carbonyl (C=O) groups is 1. The second kappa shape index (κ2) is 12.0. The lowest BCUT2D eigenvalue weighted by molar-refractivity contribution is -0.153. The smallest absolute Gasteiger partial charge is 0.416 e. The average Bonchev–Trinajstić information content (AvgIpc) is 2.77. The van der Waals surface area contributed by atoms with E-state index in [1.807, 2.05) is 0 Å². The van der Waals surface area contributed by atoms with Crippen molar-refractivity contribution in [2.24, 2.45) is 0 Å². The number of anilines is 1. The van der Waals surface area contributed by atoms with E-state index in [4.69, 9.17) is 9.47 Å². The summed E-state index contributed by atoms with van der Waals surface area (Å²) >= 11 is 0. The number of methoxy groups -OCH3 is 1. The van der Waals surface area contributed by atoms with Crippen LogP contribution in [0.2, 0.25) is 0 Å². The number of hydrogen-bond acceptors (Lipinski definition) is 4. The lowest BCUT2D eigenvalue weighted by Gasteiger charge is -2.35. The van der Waals surface area contributed by atoms with Crippen LogP contribution in [0, 0.1) is 0 Å². The Labute approximate surface area is 194 Å². The summed E-state index contributed by atoms with van der Waals surface area (Å²) in [7, 11) is 1.56. The molecular weight excluding hydrogens is 431 g/mol. The predicted octanol–water partition coefficient (Wildman–Crippen LogP) is 7.33. The SMILES string of the molecule is CCCCCCC[C@@](Nc1ccc(OC)cc1)(C(=O)OC(C)C)c1ccc(C(F)(F)F)cc1. The first-order chi connectivity index (χ1) is 15.6. The number of ether oxygens (including phenoxy) is 2. The summed E-state index contributed by atoms with van der Waals surface area (Å²) in [5.74, 6) is 0.147. The van der Waals surface area contributed by atoms with Crippen molar-refractivity contribution in [2.45, 2.75) is 77.1 Å². The van der Waals surface area contributed by atoms with E-state index in [0.29, 0.717) is 23.4 Å². The normalized spacial score (nSPS) is 13.5. The van der Waals surface area contributed by atoms with Gasteiger partial charge in [0.2, 0.25) is 0 Å². The van der Waals surface area contributed by atoms with Crippen LogP contribution in [0.5, 0.6) is 5.75 Å². The highest BCUT2D eigenvalue weighted by Crippen LogP contribution is 2.37. The monoisotopic (exact) mass is 465 g/mol. The number of hydrogen-bond donors (Lipinski definition) is 1. The van der Waals surface area contributed by atoms with Crippen LogP contribution in [0.3, 0.4) is 0 Å². The van der Waals surface area contributed by atoms with Crippen molar-refractivity contribution in [2.75, 3.05) is 12.4 Å². The van der Waals surface area contributed by atoms with Gasteiger partial charge in [-0.25, -0.2) is 4.79 Å². The third kappa shape index (κ3) is 7.41. The Morgan fingerprint density at radius 2 is 1.48 bits per heavy atom. The zero-order valence-corrected chi connectivity index (χ0v) is 19.8. The molecule has 2 aromatic rings. The fourth-order valence-corrected chi connectivity index (χ4v) is 3.72. The van der Waals surface area contributed by atoms with Gasteiger partial charge in [0.15, 0.2) is 5.54 Å². The van der Waals surface area contributed by atoms with Crippen LogP contribution in [0.15, 0.2) is 48.5 Å². The van der Waals surface area contributed by atoms with E-state index in [0.717, 1.165) is 44.2 Å². The molecule has 2 rings (SSSR count). The second-order valence-electron chi connectivity index (χ2n) is 8.45. The topological polar surface area (TPSA) is 47.6 Å². The Kier molecular flexibility index (Phi) is 9.62. The maximum Gasteiger partial charge on any atom is 0.416 e.